The van der Waals surface area contributed by atoms with Gasteiger partial charge >= 0.3 is 0 Å². The Balaban J connectivity index is 2.08. The third kappa shape index (κ3) is 3.24. The van der Waals surface area contributed by atoms with Crippen LogP contribution in [0.2, 0.25) is 5.02 Å². The minimum Gasteiger partial charge on any atom is -0.378 e. The second-order valence-electron chi connectivity index (χ2n) is 4.03. The SMILES string of the molecule is CCc1ccc(C(C)Nc2cccc(Cl)c2)s1. The van der Waals surface area contributed by atoms with Crippen LogP contribution in [0.4, 0.5) is 5.69 Å². The summed E-state index contributed by atoms with van der Waals surface area (Å²) in [5.74, 6) is 0. The molecule has 1 heterocycles. The Morgan fingerprint density at radius 2 is 2.12 bits per heavy atom. The minimum atomic E-state index is 0.318. The summed E-state index contributed by atoms with van der Waals surface area (Å²) in [6, 6.07) is 12.6. The maximum atomic E-state index is 5.96. The van der Waals surface area contributed by atoms with Gasteiger partial charge in [-0.2, -0.15) is 0 Å². The average molecular weight is 266 g/mol. The predicted molar refractivity (Wildman–Crippen MR) is 77.2 cm³/mol. The Hall–Kier alpha value is -0.990. The highest BCUT2D eigenvalue weighted by Gasteiger charge is 2.08. The van der Waals surface area contributed by atoms with Crippen LogP contribution in [0, 0.1) is 0 Å². The van der Waals surface area contributed by atoms with Gasteiger partial charge in [0, 0.05) is 20.5 Å². The Kier molecular flexibility index (Phi) is 4.08. The first-order chi connectivity index (χ1) is 8.19. The van der Waals surface area contributed by atoms with Gasteiger partial charge in [0.25, 0.3) is 0 Å². The molecule has 1 N–H and O–H groups in total. The molecular formula is C14H16ClNS. The lowest BCUT2D eigenvalue weighted by molar-refractivity contribution is 0.908. The lowest BCUT2D eigenvalue weighted by Gasteiger charge is -2.13. The number of halogens is 1. The molecule has 1 nitrogen and oxygen atoms in total. The van der Waals surface area contributed by atoms with Crippen molar-refractivity contribution in [3.05, 3.63) is 51.2 Å². The molecule has 0 aliphatic carbocycles. The summed E-state index contributed by atoms with van der Waals surface area (Å²) in [7, 11) is 0. The molecule has 0 bridgehead atoms. The van der Waals surface area contributed by atoms with Crippen molar-refractivity contribution >= 4 is 28.6 Å². The molecule has 0 radical (unpaired) electrons. The molecule has 1 atom stereocenters. The van der Waals surface area contributed by atoms with E-state index in [-0.39, 0.29) is 0 Å². The molecule has 17 heavy (non-hydrogen) atoms. The quantitative estimate of drug-likeness (QED) is 0.807. The van der Waals surface area contributed by atoms with Crippen molar-refractivity contribution in [2.45, 2.75) is 26.3 Å². The molecule has 0 saturated carbocycles. The van der Waals surface area contributed by atoms with Crippen molar-refractivity contribution in [2.75, 3.05) is 5.32 Å². The molecule has 2 rings (SSSR count). The Bertz CT molecular complexity index is 492. The monoisotopic (exact) mass is 265 g/mol. The van der Waals surface area contributed by atoms with Crippen molar-refractivity contribution in [1.82, 2.24) is 0 Å². The second kappa shape index (κ2) is 5.56. The van der Waals surface area contributed by atoms with Crippen LogP contribution in [-0.4, -0.2) is 0 Å². The molecule has 90 valence electrons. The number of hydrogen-bond acceptors (Lipinski definition) is 2. The maximum Gasteiger partial charge on any atom is 0.0578 e. The van der Waals surface area contributed by atoms with E-state index >= 15 is 0 Å². The number of nitrogens with one attached hydrogen (secondary N) is 1. The first kappa shape index (κ1) is 12.5. The van der Waals surface area contributed by atoms with Gasteiger partial charge in [0.2, 0.25) is 0 Å². The number of rotatable bonds is 4. The lowest BCUT2D eigenvalue weighted by atomic mass is 10.2. The zero-order chi connectivity index (χ0) is 12.3. The summed E-state index contributed by atoms with van der Waals surface area (Å²) >= 11 is 7.83. The Morgan fingerprint density at radius 1 is 1.29 bits per heavy atom. The van der Waals surface area contributed by atoms with Crippen molar-refractivity contribution in [3.8, 4) is 0 Å². The molecule has 3 heteroatoms. The fraction of sp³-hybridized carbons (Fsp3) is 0.286. The van der Waals surface area contributed by atoms with Crippen LogP contribution < -0.4 is 5.32 Å². The van der Waals surface area contributed by atoms with Crippen LogP contribution in [0.25, 0.3) is 0 Å². The standard InChI is InChI=1S/C14H16ClNS/c1-3-13-7-8-14(17-13)10(2)16-12-6-4-5-11(15)9-12/h4-10,16H,3H2,1-2H3. The molecule has 0 aliphatic heterocycles. The highest BCUT2D eigenvalue weighted by atomic mass is 35.5. The van der Waals surface area contributed by atoms with Crippen LogP contribution in [0.3, 0.4) is 0 Å². The van der Waals surface area contributed by atoms with Crippen molar-refractivity contribution < 1.29 is 0 Å². The van der Waals surface area contributed by atoms with Crippen LogP contribution in [-0.2, 0) is 6.42 Å². The average Bonchev–Trinajstić information content (AvgIpc) is 2.77. The van der Waals surface area contributed by atoms with Gasteiger partial charge in [-0.05, 0) is 43.7 Å². The summed E-state index contributed by atoms with van der Waals surface area (Å²) in [4.78, 5) is 2.79. The number of thiophene rings is 1. The highest BCUT2D eigenvalue weighted by Crippen LogP contribution is 2.27. The summed E-state index contributed by atoms with van der Waals surface area (Å²) in [5, 5.41) is 4.23. The summed E-state index contributed by atoms with van der Waals surface area (Å²) < 4.78 is 0. The largest absolute Gasteiger partial charge is 0.378 e. The van der Waals surface area contributed by atoms with E-state index in [2.05, 4.69) is 31.3 Å². The normalized spacial score (nSPS) is 12.4. The number of anilines is 1. The van der Waals surface area contributed by atoms with E-state index in [1.54, 1.807) is 0 Å². The van der Waals surface area contributed by atoms with E-state index in [0.29, 0.717) is 6.04 Å². The van der Waals surface area contributed by atoms with Gasteiger partial charge < -0.3 is 5.32 Å². The Morgan fingerprint density at radius 3 is 2.76 bits per heavy atom. The molecular weight excluding hydrogens is 250 g/mol. The van der Waals surface area contributed by atoms with Gasteiger partial charge in [-0.15, -0.1) is 11.3 Å². The van der Waals surface area contributed by atoms with Gasteiger partial charge in [-0.1, -0.05) is 24.6 Å². The van der Waals surface area contributed by atoms with Gasteiger partial charge in [-0.25, -0.2) is 0 Å². The first-order valence-electron chi connectivity index (χ1n) is 5.79. The predicted octanol–water partition coefficient (Wildman–Crippen LogP) is 5.14. The van der Waals surface area contributed by atoms with Crippen LogP contribution >= 0.6 is 22.9 Å². The highest BCUT2D eigenvalue weighted by molar-refractivity contribution is 7.12. The van der Waals surface area contributed by atoms with E-state index < -0.39 is 0 Å². The number of aryl methyl sites for hydroxylation is 1. The van der Waals surface area contributed by atoms with Crippen molar-refractivity contribution in [1.29, 1.82) is 0 Å². The third-order valence-electron chi connectivity index (χ3n) is 2.67. The molecule has 1 aromatic heterocycles. The molecule has 2 aromatic rings. The first-order valence-corrected chi connectivity index (χ1v) is 6.99. The molecule has 1 unspecified atom stereocenters. The van der Waals surface area contributed by atoms with Crippen molar-refractivity contribution in [3.63, 3.8) is 0 Å². The van der Waals surface area contributed by atoms with Gasteiger partial charge in [0.1, 0.15) is 0 Å². The van der Waals surface area contributed by atoms with E-state index in [1.807, 2.05) is 35.6 Å². The van der Waals surface area contributed by atoms with Crippen molar-refractivity contribution in [2.24, 2.45) is 0 Å². The molecule has 0 amide bonds. The van der Waals surface area contributed by atoms with E-state index in [4.69, 9.17) is 11.6 Å². The molecule has 1 aromatic carbocycles. The van der Waals surface area contributed by atoms with E-state index in [0.717, 1.165) is 17.1 Å². The summed E-state index contributed by atoms with van der Waals surface area (Å²) in [6.45, 7) is 4.36. The van der Waals surface area contributed by atoms with Gasteiger partial charge in [0.15, 0.2) is 0 Å². The smallest absolute Gasteiger partial charge is 0.0578 e. The second-order valence-corrected chi connectivity index (χ2v) is 5.67. The lowest BCUT2D eigenvalue weighted by Crippen LogP contribution is -2.04. The topological polar surface area (TPSA) is 12.0 Å². The summed E-state index contributed by atoms with van der Waals surface area (Å²) in [5.41, 5.74) is 1.07. The minimum absolute atomic E-state index is 0.318. The molecule has 0 saturated heterocycles. The van der Waals surface area contributed by atoms with E-state index in [1.165, 1.54) is 9.75 Å². The molecule has 0 spiro atoms. The zero-order valence-corrected chi connectivity index (χ0v) is 11.6. The fourth-order valence-electron chi connectivity index (χ4n) is 1.72. The van der Waals surface area contributed by atoms with Gasteiger partial charge in [-0.3, -0.25) is 0 Å². The zero-order valence-electron chi connectivity index (χ0n) is 10.0. The molecule has 0 fully saturated rings. The van der Waals surface area contributed by atoms with Crippen LogP contribution in [0.15, 0.2) is 36.4 Å². The summed E-state index contributed by atoms with van der Waals surface area (Å²) in [6.07, 6.45) is 1.11. The van der Waals surface area contributed by atoms with Gasteiger partial charge in [0.05, 0.1) is 6.04 Å². The number of benzene rings is 1. The fourth-order valence-corrected chi connectivity index (χ4v) is 2.86. The Labute approximate surface area is 111 Å². The van der Waals surface area contributed by atoms with Crippen LogP contribution in [0.1, 0.15) is 29.6 Å². The number of hydrogen-bond donors (Lipinski definition) is 1. The molecule has 0 aliphatic rings. The third-order valence-corrected chi connectivity index (χ3v) is 4.31. The van der Waals surface area contributed by atoms with E-state index in [9.17, 15) is 0 Å². The van der Waals surface area contributed by atoms with Crippen LogP contribution in [0.5, 0.6) is 0 Å². The maximum absolute atomic E-state index is 5.96.